The molecule has 0 aliphatic carbocycles. The maximum atomic E-state index is 11.7. The molecule has 0 bridgehead atoms. The molecule has 96 valence electrons. The quantitative estimate of drug-likeness (QED) is 0.771. The molecule has 16 heavy (non-hydrogen) atoms. The summed E-state index contributed by atoms with van der Waals surface area (Å²) in [4.78, 5) is 2.10. The first-order valence-corrected chi connectivity index (χ1v) is 7.66. The largest absolute Gasteiger partial charge is 0.395 e. The summed E-state index contributed by atoms with van der Waals surface area (Å²) in [6.07, 6.45) is 1.05. The predicted molar refractivity (Wildman–Crippen MR) is 65.2 cm³/mol. The highest BCUT2D eigenvalue weighted by Crippen LogP contribution is 2.23. The van der Waals surface area contributed by atoms with Crippen LogP contribution in [-0.4, -0.2) is 55.2 Å². The van der Waals surface area contributed by atoms with Gasteiger partial charge >= 0.3 is 0 Å². The first-order chi connectivity index (χ1) is 7.38. The number of likely N-dealkylation sites (tertiary alicyclic amines) is 1. The zero-order valence-corrected chi connectivity index (χ0v) is 11.2. The minimum Gasteiger partial charge on any atom is -0.395 e. The number of sulfone groups is 1. The maximum Gasteiger partial charge on any atom is 0.153 e. The molecule has 0 aromatic carbocycles. The number of nitrogens with zero attached hydrogens (tertiary/aromatic N) is 1. The van der Waals surface area contributed by atoms with Crippen LogP contribution in [0.25, 0.3) is 0 Å². The van der Waals surface area contributed by atoms with Crippen LogP contribution in [0.3, 0.4) is 0 Å². The summed E-state index contributed by atoms with van der Waals surface area (Å²) in [5.74, 6) is 0.667. The smallest absolute Gasteiger partial charge is 0.153 e. The molecule has 0 aromatic heterocycles. The van der Waals surface area contributed by atoms with E-state index in [-0.39, 0.29) is 23.7 Å². The predicted octanol–water partition coefficient (Wildman–Crippen LogP) is 0.512. The Morgan fingerprint density at radius 1 is 1.44 bits per heavy atom. The fraction of sp³-hybridized carbons (Fsp3) is 1.00. The van der Waals surface area contributed by atoms with Crippen LogP contribution < -0.4 is 0 Å². The van der Waals surface area contributed by atoms with Gasteiger partial charge in [-0.3, -0.25) is 4.90 Å². The van der Waals surface area contributed by atoms with Crippen LogP contribution in [0, 0.1) is 5.92 Å². The van der Waals surface area contributed by atoms with Gasteiger partial charge in [0.15, 0.2) is 9.84 Å². The van der Waals surface area contributed by atoms with Crippen molar-refractivity contribution in [2.45, 2.75) is 38.5 Å². The summed E-state index contributed by atoms with van der Waals surface area (Å²) < 4.78 is 23.3. The van der Waals surface area contributed by atoms with Gasteiger partial charge in [0, 0.05) is 12.6 Å². The van der Waals surface area contributed by atoms with Crippen LogP contribution in [-0.2, 0) is 9.84 Å². The van der Waals surface area contributed by atoms with Crippen LogP contribution in [0.5, 0.6) is 0 Å². The normalized spacial score (nSPS) is 27.8. The van der Waals surface area contributed by atoms with Gasteiger partial charge in [-0.05, 0) is 32.7 Å². The maximum absolute atomic E-state index is 11.7. The van der Waals surface area contributed by atoms with Gasteiger partial charge in [-0.2, -0.15) is 0 Å². The summed E-state index contributed by atoms with van der Waals surface area (Å²) >= 11 is 0. The number of rotatable bonds is 5. The van der Waals surface area contributed by atoms with Gasteiger partial charge in [-0.25, -0.2) is 8.42 Å². The molecule has 0 radical (unpaired) electrons. The van der Waals surface area contributed by atoms with Crippen molar-refractivity contribution in [3.63, 3.8) is 0 Å². The lowest BCUT2D eigenvalue weighted by Gasteiger charge is -2.25. The van der Waals surface area contributed by atoms with Crippen molar-refractivity contribution < 1.29 is 13.5 Å². The summed E-state index contributed by atoms with van der Waals surface area (Å²) in [5.41, 5.74) is 0. The summed E-state index contributed by atoms with van der Waals surface area (Å²) in [6.45, 7) is 7.12. The van der Waals surface area contributed by atoms with E-state index >= 15 is 0 Å². The molecule has 0 spiro atoms. The molecule has 1 N–H and O–H groups in total. The minimum absolute atomic E-state index is 0.128. The van der Waals surface area contributed by atoms with E-state index in [2.05, 4.69) is 11.8 Å². The van der Waals surface area contributed by atoms with Gasteiger partial charge < -0.3 is 5.11 Å². The van der Waals surface area contributed by atoms with E-state index in [1.54, 1.807) is 13.8 Å². The Hall–Kier alpha value is -0.130. The van der Waals surface area contributed by atoms with E-state index in [1.165, 1.54) is 0 Å². The van der Waals surface area contributed by atoms with Crippen molar-refractivity contribution in [2.75, 3.05) is 25.4 Å². The zero-order valence-electron chi connectivity index (χ0n) is 10.4. The Morgan fingerprint density at radius 3 is 2.56 bits per heavy atom. The van der Waals surface area contributed by atoms with Crippen molar-refractivity contribution in [1.29, 1.82) is 0 Å². The van der Waals surface area contributed by atoms with Crippen LogP contribution in [0.15, 0.2) is 0 Å². The molecule has 1 saturated heterocycles. The monoisotopic (exact) mass is 249 g/mol. The third-order valence-corrected chi connectivity index (χ3v) is 5.75. The summed E-state index contributed by atoms with van der Waals surface area (Å²) in [5, 5.41) is 8.95. The second kappa shape index (κ2) is 5.47. The van der Waals surface area contributed by atoms with Gasteiger partial charge in [-0.15, -0.1) is 0 Å². The molecule has 5 heteroatoms. The molecular weight excluding hydrogens is 226 g/mol. The lowest BCUT2D eigenvalue weighted by molar-refractivity contribution is 0.144. The molecular formula is C11H23NO3S. The van der Waals surface area contributed by atoms with E-state index in [4.69, 9.17) is 0 Å². The van der Waals surface area contributed by atoms with E-state index in [9.17, 15) is 13.5 Å². The van der Waals surface area contributed by atoms with Crippen molar-refractivity contribution in [3.05, 3.63) is 0 Å². The molecule has 1 heterocycles. The Morgan fingerprint density at radius 2 is 2.06 bits per heavy atom. The van der Waals surface area contributed by atoms with Gasteiger partial charge in [-0.1, -0.05) is 6.92 Å². The summed E-state index contributed by atoms with van der Waals surface area (Å²) in [7, 11) is -2.96. The average Bonchev–Trinajstić information content (AvgIpc) is 2.56. The molecule has 1 rings (SSSR count). The van der Waals surface area contributed by atoms with Gasteiger partial charge in [0.25, 0.3) is 0 Å². The molecule has 0 aromatic rings. The fourth-order valence-electron chi connectivity index (χ4n) is 2.14. The third-order valence-electron chi connectivity index (χ3n) is 3.57. The van der Waals surface area contributed by atoms with Gasteiger partial charge in [0.2, 0.25) is 0 Å². The second-order valence-electron chi connectivity index (χ2n) is 4.97. The molecule has 4 nitrogen and oxygen atoms in total. The van der Waals surface area contributed by atoms with E-state index in [0.717, 1.165) is 13.0 Å². The lowest BCUT2D eigenvalue weighted by Crippen LogP contribution is -2.39. The van der Waals surface area contributed by atoms with Gasteiger partial charge in [0.1, 0.15) is 0 Å². The lowest BCUT2D eigenvalue weighted by atomic mass is 10.0. The molecule has 1 aliphatic heterocycles. The Kier molecular flexibility index (Phi) is 4.76. The molecule has 1 fully saturated rings. The third kappa shape index (κ3) is 3.18. The number of aliphatic hydroxyl groups excluding tert-OH is 1. The van der Waals surface area contributed by atoms with Crippen LogP contribution >= 0.6 is 0 Å². The Balaban J connectivity index is 2.50. The average molecular weight is 249 g/mol. The van der Waals surface area contributed by atoms with E-state index < -0.39 is 9.84 Å². The zero-order chi connectivity index (χ0) is 12.3. The Labute approximate surface area is 98.6 Å². The van der Waals surface area contributed by atoms with Crippen molar-refractivity contribution in [2.24, 2.45) is 5.92 Å². The highest BCUT2D eigenvalue weighted by molar-refractivity contribution is 7.92. The van der Waals surface area contributed by atoms with E-state index in [1.807, 2.05) is 0 Å². The van der Waals surface area contributed by atoms with Crippen LogP contribution in [0.2, 0.25) is 0 Å². The molecule has 1 aliphatic rings. The number of aliphatic hydroxyl groups is 1. The van der Waals surface area contributed by atoms with Crippen LogP contribution in [0.1, 0.15) is 27.2 Å². The fourth-order valence-corrected chi connectivity index (χ4v) is 3.10. The van der Waals surface area contributed by atoms with E-state index in [0.29, 0.717) is 12.5 Å². The first kappa shape index (κ1) is 13.9. The van der Waals surface area contributed by atoms with Crippen molar-refractivity contribution >= 4 is 9.84 Å². The number of hydrogen-bond acceptors (Lipinski definition) is 4. The van der Waals surface area contributed by atoms with Crippen molar-refractivity contribution in [3.8, 4) is 0 Å². The number of hydrogen-bond donors (Lipinski definition) is 1. The highest BCUT2D eigenvalue weighted by atomic mass is 32.2. The van der Waals surface area contributed by atoms with Crippen LogP contribution in [0.4, 0.5) is 0 Å². The molecule has 2 atom stereocenters. The van der Waals surface area contributed by atoms with Gasteiger partial charge in [0.05, 0.1) is 17.6 Å². The second-order valence-corrected chi connectivity index (χ2v) is 7.64. The minimum atomic E-state index is -2.96. The SMILES string of the molecule is CC1CCN(CCS(=O)(=O)C(C)C)C1CO. The van der Waals surface area contributed by atoms with Crippen molar-refractivity contribution in [1.82, 2.24) is 4.90 Å². The molecule has 0 amide bonds. The standard InChI is InChI=1S/C11H23NO3S/c1-9(2)16(14,15)7-6-12-5-4-10(3)11(12)8-13/h9-11,13H,4-8H2,1-3H3. The Bertz CT molecular complexity index is 313. The molecule has 0 saturated carbocycles. The first-order valence-electron chi connectivity index (χ1n) is 5.95. The molecule has 2 unspecified atom stereocenters. The summed E-state index contributed by atoms with van der Waals surface area (Å²) in [6, 6.07) is 0.141. The highest BCUT2D eigenvalue weighted by Gasteiger charge is 2.31. The topological polar surface area (TPSA) is 57.6 Å².